The van der Waals surface area contributed by atoms with Crippen LogP contribution in [0.5, 0.6) is 0 Å². The standard InChI is InChI=1S/C11H10Cl2N2/c1-6-5-7-3-4-8(12)9(13)10(7)15-11(6)14-2/h3-5H,1-2H3,(H,14,15). The third-order valence-electron chi connectivity index (χ3n) is 2.31. The number of benzene rings is 1. The molecule has 1 aromatic carbocycles. The summed E-state index contributed by atoms with van der Waals surface area (Å²) in [6.45, 7) is 2.00. The first-order valence-corrected chi connectivity index (χ1v) is 5.32. The SMILES string of the molecule is CNc1nc2c(Cl)c(Cl)ccc2cc1C. The molecule has 78 valence electrons. The fourth-order valence-electron chi connectivity index (χ4n) is 1.54. The van der Waals surface area contributed by atoms with E-state index in [1.165, 1.54) is 0 Å². The zero-order valence-corrected chi connectivity index (χ0v) is 9.95. The minimum atomic E-state index is 0.505. The van der Waals surface area contributed by atoms with Gasteiger partial charge in [-0.2, -0.15) is 0 Å². The van der Waals surface area contributed by atoms with Crippen LogP contribution < -0.4 is 5.32 Å². The van der Waals surface area contributed by atoms with Crippen molar-refractivity contribution in [2.24, 2.45) is 0 Å². The summed E-state index contributed by atoms with van der Waals surface area (Å²) in [6, 6.07) is 5.74. The van der Waals surface area contributed by atoms with Crippen LogP contribution in [0.25, 0.3) is 10.9 Å². The number of aromatic nitrogens is 1. The lowest BCUT2D eigenvalue weighted by atomic mass is 10.1. The van der Waals surface area contributed by atoms with Gasteiger partial charge in [0.2, 0.25) is 0 Å². The number of anilines is 1. The number of rotatable bonds is 1. The van der Waals surface area contributed by atoms with Crippen LogP contribution in [0, 0.1) is 6.92 Å². The molecular weight excluding hydrogens is 231 g/mol. The van der Waals surface area contributed by atoms with Crippen molar-refractivity contribution < 1.29 is 0 Å². The maximum absolute atomic E-state index is 6.09. The summed E-state index contributed by atoms with van der Waals surface area (Å²) in [5.41, 5.74) is 1.82. The van der Waals surface area contributed by atoms with E-state index in [1.54, 1.807) is 6.07 Å². The molecule has 0 aliphatic heterocycles. The summed E-state index contributed by atoms with van der Waals surface area (Å²) in [4.78, 5) is 4.43. The molecule has 1 heterocycles. The fraction of sp³-hybridized carbons (Fsp3) is 0.182. The number of aryl methyl sites for hydroxylation is 1. The Morgan fingerprint density at radius 3 is 2.67 bits per heavy atom. The summed E-state index contributed by atoms with van der Waals surface area (Å²) < 4.78 is 0. The number of fused-ring (bicyclic) bond motifs is 1. The molecule has 0 aliphatic carbocycles. The molecule has 1 N–H and O–H groups in total. The van der Waals surface area contributed by atoms with Gasteiger partial charge in [-0.05, 0) is 24.6 Å². The molecule has 0 bridgehead atoms. The third-order valence-corrected chi connectivity index (χ3v) is 3.10. The van der Waals surface area contributed by atoms with E-state index in [0.717, 1.165) is 22.3 Å². The molecule has 0 saturated carbocycles. The summed E-state index contributed by atoms with van der Waals surface area (Å²) in [5, 5.41) is 5.06. The lowest BCUT2D eigenvalue weighted by Crippen LogP contribution is -1.96. The van der Waals surface area contributed by atoms with Crippen molar-refractivity contribution in [3.8, 4) is 0 Å². The van der Waals surface area contributed by atoms with E-state index in [1.807, 2.05) is 26.1 Å². The average molecular weight is 241 g/mol. The van der Waals surface area contributed by atoms with Crippen LogP contribution in [-0.4, -0.2) is 12.0 Å². The van der Waals surface area contributed by atoms with Crippen LogP contribution in [0.15, 0.2) is 18.2 Å². The van der Waals surface area contributed by atoms with Crippen molar-refractivity contribution in [1.29, 1.82) is 0 Å². The molecule has 0 spiro atoms. The monoisotopic (exact) mass is 240 g/mol. The first kappa shape index (κ1) is 10.5. The van der Waals surface area contributed by atoms with Gasteiger partial charge in [-0.1, -0.05) is 29.3 Å². The normalized spacial score (nSPS) is 10.7. The smallest absolute Gasteiger partial charge is 0.129 e. The topological polar surface area (TPSA) is 24.9 Å². The van der Waals surface area contributed by atoms with Gasteiger partial charge in [0, 0.05) is 12.4 Å². The molecular formula is C11H10Cl2N2. The molecule has 2 rings (SSSR count). The number of hydrogen-bond acceptors (Lipinski definition) is 2. The summed E-state index contributed by atoms with van der Waals surface area (Å²) in [6.07, 6.45) is 0. The van der Waals surface area contributed by atoms with Gasteiger partial charge in [0.15, 0.2) is 0 Å². The van der Waals surface area contributed by atoms with E-state index < -0.39 is 0 Å². The second-order valence-corrected chi connectivity index (χ2v) is 4.12. The molecule has 0 atom stereocenters. The Labute approximate surface area is 98.2 Å². The molecule has 2 nitrogen and oxygen atoms in total. The van der Waals surface area contributed by atoms with Crippen LogP contribution in [0.3, 0.4) is 0 Å². The Balaban J connectivity index is 2.82. The van der Waals surface area contributed by atoms with E-state index in [4.69, 9.17) is 23.2 Å². The van der Waals surface area contributed by atoms with E-state index in [-0.39, 0.29) is 0 Å². The number of pyridine rings is 1. The highest BCUT2D eigenvalue weighted by molar-refractivity contribution is 6.45. The van der Waals surface area contributed by atoms with E-state index >= 15 is 0 Å². The highest BCUT2D eigenvalue weighted by Crippen LogP contribution is 2.31. The number of hydrogen-bond donors (Lipinski definition) is 1. The molecule has 0 saturated heterocycles. The van der Waals surface area contributed by atoms with Crippen molar-refractivity contribution in [2.75, 3.05) is 12.4 Å². The van der Waals surface area contributed by atoms with Crippen LogP contribution in [0.2, 0.25) is 10.0 Å². The minimum Gasteiger partial charge on any atom is -0.373 e. The Morgan fingerprint density at radius 1 is 1.27 bits per heavy atom. The molecule has 0 radical (unpaired) electrons. The number of nitrogens with one attached hydrogen (secondary N) is 1. The van der Waals surface area contributed by atoms with Gasteiger partial charge in [0.05, 0.1) is 15.6 Å². The number of halogens is 2. The minimum absolute atomic E-state index is 0.505. The van der Waals surface area contributed by atoms with Gasteiger partial charge in [-0.15, -0.1) is 0 Å². The highest BCUT2D eigenvalue weighted by atomic mass is 35.5. The predicted octanol–water partition coefficient (Wildman–Crippen LogP) is 3.89. The third kappa shape index (κ3) is 1.75. The maximum atomic E-state index is 6.09. The van der Waals surface area contributed by atoms with Crippen molar-refractivity contribution >= 4 is 39.9 Å². The molecule has 1 aromatic heterocycles. The lowest BCUT2D eigenvalue weighted by molar-refractivity contribution is 1.29. The van der Waals surface area contributed by atoms with Crippen molar-refractivity contribution in [3.05, 3.63) is 33.8 Å². The maximum Gasteiger partial charge on any atom is 0.129 e. The average Bonchev–Trinajstić information content (AvgIpc) is 2.23. The van der Waals surface area contributed by atoms with Crippen LogP contribution in [0.4, 0.5) is 5.82 Å². The lowest BCUT2D eigenvalue weighted by Gasteiger charge is -2.08. The van der Waals surface area contributed by atoms with Gasteiger partial charge in [0.25, 0.3) is 0 Å². The highest BCUT2D eigenvalue weighted by Gasteiger charge is 2.07. The van der Waals surface area contributed by atoms with Crippen molar-refractivity contribution in [2.45, 2.75) is 6.92 Å². The van der Waals surface area contributed by atoms with Gasteiger partial charge in [-0.25, -0.2) is 4.98 Å². The molecule has 15 heavy (non-hydrogen) atoms. The van der Waals surface area contributed by atoms with Crippen molar-refractivity contribution in [1.82, 2.24) is 4.98 Å². The molecule has 0 unspecified atom stereocenters. The predicted molar refractivity (Wildman–Crippen MR) is 66.0 cm³/mol. The quantitative estimate of drug-likeness (QED) is 0.819. The van der Waals surface area contributed by atoms with Crippen LogP contribution in [-0.2, 0) is 0 Å². The largest absolute Gasteiger partial charge is 0.373 e. The summed E-state index contributed by atoms with van der Waals surface area (Å²) in [5.74, 6) is 0.826. The van der Waals surface area contributed by atoms with Gasteiger partial charge in [0.1, 0.15) is 5.82 Å². The first-order valence-electron chi connectivity index (χ1n) is 4.56. The second-order valence-electron chi connectivity index (χ2n) is 3.34. The van der Waals surface area contributed by atoms with E-state index in [9.17, 15) is 0 Å². The van der Waals surface area contributed by atoms with Crippen molar-refractivity contribution in [3.63, 3.8) is 0 Å². The zero-order valence-electron chi connectivity index (χ0n) is 8.44. The molecule has 2 aromatic rings. The Kier molecular flexibility index (Phi) is 2.72. The Bertz CT molecular complexity index is 523. The Morgan fingerprint density at radius 2 is 2.00 bits per heavy atom. The van der Waals surface area contributed by atoms with E-state index in [2.05, 4.69) is 10.3 Å². The molecule has 0 aliphatic rings. The first-order chi connectivity index (χ1) is 7.13. The fourth-order valence-corrected chi connectivity index (χ4v) is 1.91. The second kappa shape index (κ2) is 3.87. The van der Waals surface area contributed by atoms with Gasteiger partial charge >= 0.3 is 0 Å². The number of nitrogens with zero attached hydrogens (tertiary/aromatic N) is 1. The summed E-state index contributed by atoms with van der Waals surface area (Å²) in [7, 11) is 1.83. The zero-order chi connectivity index (χ0) is 11.0. The van der Waals surface area contributed by atoms with Crippen LogP contribution in [0.1, 0.15) is 5.56 Å². The van der Waals surface area contributed by atoms with E-state index in [0.29, 0.717) is 10.0 Å². The molecule has 0 amide bonds. The Hall–Kier alpha value is -0.990. The van der Waals surface area contributed by atoms with Crippen LogP contribution >= 0.6 is 23.2 Å². The molecule has 0 fully saturated rings. The molecule has 4 heteroatoms. The summed E-state index contributed by atoms with van der Waals surface area (Å²) >= 11 is 12.0. The van der Waals surface area contributed by atoms with Gasteiger partial charge < -0.3 is 5.32 Å². The van der Waals surface area contributed by atoms with Gasteiger partial charge in [-0.3, -0.25) is 0 Å².